The number of benzene rings is 2. The number of carbonyl (C=O) groups is 4. The molecule has 1 atom stereocenters. The molecule has 0 saturated heterocycles. The van der Waals surface area contributed by atoms with Crippen molar-refractivity contribution in [3.63, 3.8) is 0 Å². The molecule has 0 aliphatic heterocycles. The summed E-state index contributed by atoms with van der Waals surface area (Å²) < 4.78 is 10.1. The fourth-order valence-corrected chi connectivity index (χ4v) is 2.50. The molecule has 31 heavy (non-hydrogen) atoms. The summed E-state index contributed by atoms with van der Waals surface area (Å²) in [5.74, 6) is -1.12. The second-order valence-corrected chi connectivity index (χ2v) is 6.63. The number of ketones is 1. The lowest BCUT2D eigenvalue weighted by Gasteiger charge is -2.12. The van der Waals surface area contributed by atoms with Crippen LogP contribution in [0.5, 0.6) is 5.75 Å². The number of hydrogen-bond acceptors (Lipinski definition) is 6. The van der Waals surface area contributed by atoms with Gasteiger partial charge in [-0.3, -0.25) is 14.4 Å². The van der Waals surface area contributed by atoms with Crippen molar-refractivity contribution >= 4 is 35.3 Å². The maximum Gasteiger partial charge on any atom is 0.328 e. The third-order valence-electron chi connectivity index (χ3n) is 4.13. The van der Waals surface area contributed by atoms with E-state index in [9.17, 15) is 19.2 Å². The molecule has 2 N–H and O–H groups in total. The van der Waals surface area contributed by atoms with Crippen molar-refractivity contribution < 1.29 is 28.7 Å². The molecular formula is C23H24N2O6. The highest BCUT2D eigenvalue weighted by molar-refractivity contribution is 5.99. The summed E-state index contributed by atoms with van der Waals surface area (Å²) in [4.78, 5) is 47.2. The predicted octanol–water partition coefficient (Wildman–Crippen LogP) is 2.60. The van der Waals surface area contributed by atoms with Gasteiger partial charge < -0.3 is 20.1 Å². The van der Waals surface area contributed by atoms with Gasteiger partial charge in [0.2, 0.25) is 11.8 Å². The zero-order valence-corrected chi connectivity index (χ0v) is 17.5. The van der Waals surface area contributed by atoms with Crippen LogP contribution in [0.25, 0.3) is 6.08 Å². The Labute approximate surface area is 180 Å². The molecule has 0 radical (unpaired) electrons. The van der Waals surface area contributed by atoms with Gasteiger partial charge >= 0.3 is 5.97 Å². The van der Waals surface area contributed by atoms with Gasteiger partial charge in [-0.2, -0.15) is 0 Å². The van der Waals surface area contributed by atoms with Crippen molar-refractivity contribution in [2.24, 2.45) is 0 Å². The Hall–Kier alpha value is -3.94. The molecule has 0 aliphatic carbocycles. The zero-order valence-electron chi connectivity index (χ0n) is 17.5. The highest BCUT2D eigenvalue weighted by Crippen LogP contribution is 2.12. The normalized spacial score (nSPS) is 11.5. The van der Waals surface area contributed by atoms with Crippen LogP contribution in [0.4, 0.5) is 5.69 Å². The number of carbonyl (C=O) groups excluding carboxylic acids is 4. The lowest BCUT2D eigenvalue weighted by Crippen LogP contribution is -2.39. The first kappa shape index (κ1) is 23.3. The van der Waals surface area contributed by atoms with Gasteiger partial charge in [0.1, 0.15) is 11.8 Å². The van der Waals surface area contributed by atoms with Gasteiger partial charge in [0, 0.05) is 24.3 Å². The van der Waals surface area contributed by atoms with E-state index in [1.807, 2.05) is 0 Å². The Morgan fingerprint density at radius 1 is 1.00 bits per heavy atom. The third-order valence-corrected chi connectivity index (χ3v) is 4.13. The van der Waals surface area contributed by atoms with E-state index >= 15 is 0 Å². The Bertz CT molecular complexity index is 965. The van der Waals surface area contributed by atoms with E-state index in [0.29, 0.717) is 17.0 Å². The molecule has 162 valence electrons. The number of anilines is 1. The average molecular weight is 424 g/mol. The first-order valence-electron chi connectivity index (χ1n) is 9.48. The van der Waals surface area contributed by atoms with Crippen molar-refractivity contribution in [1.29, 1.82) is 0 Å². The van der Waals surface area contributed by atoms with Gasteiger partial charge in [-0.1, -0.05) is 12.1 Å². The molecule has 0 aromatic heterocycles. The van der Waals surface area contributed by atoms with Crippen LogP contribution in [0.15, 0.2) is 54.6 Å². The highest BCUT2D eigenvalue weighted by atomic mass is 16.5. The van der Waals surface area contributed by atoms with Crippen molar-refractivity contribution in [1.82, 2.24) is 5.32 Å². The van der Waals surface area contributed by atoms with Gasteiger partial charge in [0.05, 0.1) is 7.11 Å². The predicted molar refractivity (Wildman–Crippen MR) is 116 cm³/mol. The average Bonchev–Trinajstić information content (AvgIpc) is 2.76. The van der Waals surface area contributed by atoms with E-state index in [0.717, 1.165) is 5.56 Å². The Morgan fingerprint density at radius 3 is 2.23 bits per heavy atom. The van der Waals surface area contributed by atoms with Crippen LogP contribution in [0.1, 0.15) is 29.8 Å². The maximum atomic E-state index is 12.2. The lowest BCUT2D eigenvalue weighted by atomic mass is 10.1. The number of amides is 2. The quantitative estimate of drug-likeness (QED) is 0.364. The van der Waals surface area contributed by atoms with Gasteiger partial charge in [-0.05, 0) is 55.0 Å². The Kier molecular flexibility index (Phi) is 8.51. The van der Waals surface area contributed by atoms with E-state index < -0.39 is 30.3 Å². The summed E-state index contributed by atoms with van der Waals surface area (Å²) in [6.07, 6.45) is 2.90. The van der Waals surface area contributed by atoms with Gasteiger partial charge in [0.25, 0.3) is 0 Å². The zero-order chi connectivity index (χ0) is 22.8. The van der Waals surface area contributed by atoms with Crippen LogP contribution in [0, 0.1) is 0 Å². The molecule has 2 amide bonds. The van der Waals surface area contributed by atoms with Crippen LogP contribution in [-0.4, -0.2) is 43.3 Å². The summed E-state index contributed by atoms with van der Waals surface area (Å²) in [7, 11) is 1.57. The molecule has 0 spiro atoms. The summed E-state index contributed by atoms with van der Waals surface area (Å²) in [5.41, 5.74) is 1.68. The minimum Gasteiger partial charge on any atom is -0.497 e. The van der Waals surface area contributed by atoms with E-state index in [4.69, 9.17) is 9.47 Å². The molecular weight excluding hydrogens is 400 g/mol. The summed E-state index contributed by atoms with van der Waals surface area (Å²) in [6, 6.07) is 12.4. The van der Waals surface area contributed by atoms with Crippen LogP contribution >= 0.6 is 0 Å². The lowest BCUT2D eigenvalue weighted by molar-refractivity contribution is -0.145. The van der Waals surface area contributed by atoms with Crippen molar-refractivity contribution in [3.05, 3.63) is 65.7 Å². The van der Waals surface area contributed by atoms with Crippen LogP contribution in [0.3, 0.4) is 0 Å². The topological polar surface area (TPSA) is 111 Å². The van der Waals surface area contributed by atoms with Crippen molar-refractivity contribution in [3.8, 4) is 5.75 Å². The Balaban J connectivity index is 1.80. The smallest absolute Gasteiger partial charge is 0.328 e. The molecule has 2 rings (SSSR count). The number of Topliss-reactive ketones (excluding diaryl/α,β-unsaturated/α-hetero) is 1. The van der Waals surface area contributed by atoms with E-state index in [1.54, 1.807) is 49.6 Å². The van der Waals surface area contributed by atoms with E-state index in [2.05, 4.69) is 10.6 Å². The molecule has 0 saturated carbocycles. The van der Waals surface area contributed by atoms with Crippen LogP contribution in [-0.2, 0) is 19.1 Å². The number of nitrogens with one attached hydrogen (secondary N) is 2. The molecule has 0 bridgehead atoms. The van der Waals surface area contributed by atoms with E-state index in [-0.39, 0.29) is 5.91 Å². The number of rotatable bonds is 9. The SMILES string of the molecule is COc1ccc(/C=C/C(=O)NC(C)C(=O)OCC(=O)c2ccc(NC(C)=O)cc2)cc1. The molecule has 0 heterocycles. The summed E-state index contributed by atoms with van der Waals surface area (Å²) in [6.45, 7) is 2.39. The maximum absolute atomic E-state index is 12.2. The second-order valence-electron chi connectivity index (χ2n) is 6.63. The minimum absolute atomic E-state index is 0.220. The molecule has 0 fully saturated rings. The molecule has 2 aromatic carbocycles. The molecule has 8 heteroatoms. The fourth-order valence-electron chi connectivity index (χ4n) is 2.50. The monoisotopic (exact) mass is 424 g/mol. The largest absolute Gasteiger partial charge is 0.497 e. The molecule has 8 nitrogen and oxygen atoms in total. The van der Waals surface area contributed by atoms with Crippen molar-refractivity contribution in [2.45, 2.75) is 19.9 Å². The minimum atomic E-state index is -0.928. The van der Waals surface area contributed by atoms with E-state index in [1.165, 1.54) is 32.1 Å². The first-order valence-corrected chi connectivity index (χ1v) is 9.48. The molecule has 0 aliphatic rings. The van der Waals surface area contributed by atoms with Gasteiger partial charge in [0.15, 0.2) is 12.4 Å². The number of methoxy groups -OCH3 is 1. The number of esters is 1. The third kappa shape index (κ3) is 7.77. The number of hydrogen-bond donors (Lipinski definition) is 2. The second kappa shape index (κ2) is 11.3. The van der Waals surface area contributed by atoms with Crippen LogP contribution < -0.4 is 15.4 Å². The Morgan fingerprint density at radius 2 is 1.65 bits per heavy atom. The fraction of sp³-hybridized carbons (Fsp3) is 0.217. The summed E-state index contributed by atoms with van der Waals surface area (Å²) >= 11 is 0. The standard InChI is InChI=1S/C23H24N2O6/c1-15(24-22(28)13-6-17-4-11-20(30-3)12-5-17)23(29)31-14-21(27)18-7-9-19(10-8-18)25-16(2)26/h4-13,15H,14H2,1-3H3,(H,24,28)(H,25,26)/b13-6+. The number of ether oxygens (including phenoxy) is 2. The van der Waals surface area contributed by atoms with Gasteiger partial charge in [-0.15, -0.1) is 0 Å². The molecule has 2 aromatic rings. The van der Waals surface area contributed by atoms with Crippen LogP contribution in [0.2, 0.25) is 0 Å². The summed E-state index contributed by atoms with van der Waals surface area (Å²) in [5, 5.41) is 5.08. The van der Waals surface area contributed by atoms with Gasteiger partial charge in [-0.25, -0.2) is 4.79 Å². The first-order chi connectivity index (χ1) is 14.8. The van der Waals surface area contributed by atoms with Crippen molar-refractivity contribution in [2.75, 3.05) is 19.0 Å². The molecule has 1 unspecified atom stereocenters. The highest BCUT2D eigenvalue weighted by Gasteiger charge is 2.18.